The van der Waals surface area contributed by atoms with Gasteiger partial charge < -0.3 is 5.32 Å². The van der Waals surface area contributed by atoms with Gasteiger partial charge in [0.1, 0.15) is 11.7 Å². The van der Waals surface area contributed by atoms with E-state index in [2.05, 4.69) is 15.4 Å². The first kappa shape index (κ1) is 22.9. The van der Waals surface area contributed by atoms with Gasteiger partial charge in [-0.15, -0.1) is 0 Å². The lowest BCUT2D eigenvalue weighted by Crippen LogP contribution is -2.26. The van der Waals surface area contributed by atoms with Gasteiger partial charge in [-0.3, -0.25) is 24.3 Å². The van der Waals surface area contributed by atoms with Crippen molar-refractivity contribution in [3.05, 3.63) is 104 Å². The standard InChI is InChI=1S/C23H19ClN6O4/c24-18-6-1-17(2-7-18)14-28-15-26-22-20(23(28)32)13-27-29(22)12-11-25-21(31)10-5-16-3-8-19(9-4-16)30(33)34/h1-10,13,15H,11-12,14H2,(H,25,31)/b10-5-. The Hall–Kier alpha value is -4.31. The number of carbonyl (C=O) groups is 1. The van der Waals surface area contributed by atoms with Crippen LogP contribution in [0.25, 0.3) is 17.1 Å². The van der Waals surface area contributed by atoms with Gasteiger partial charge in [0.05, 0.1) is 24.2 Å². The maximum absolute atomic E-state index is 12.8. The number of benzene rings is 2. The quantitative estimate of drug-likeness (QED) is 0.236. The highest BCUT2D eigenvalue weighted by atomic mass is 35.5. The van der Waals surface area contributed by atoms with E-state index >= 15 is 0 Å². The number of fused-ring (bicyclic) bond motifs is 1. The number of halogens is 1. The molecule has 0 radical (unpaired) electrons. The van der Waals surface area contributed by atoms with Gasteiger partial charge in [-0.05, 0) is 41.5 Å². The van der Waals surface area contributed by atoms with Gasteiger partial charge in [-0.25, -0.2) is 9.67 Å². The summed E-state index contributed by atoms with van der Waals surface area (Å²) in [7, 11) is 0. The predicted octanol–water partition coefficient (Wildman–Crippen LogP) is 3.03. The van der Waals surface area contributed by atoms with Crippen molar-refractivity contribution in [3.63, 3.8) is 0 Å². The molecule has 34 heavy (non-hydrogen) atoms. The molecular weight excluding hydrogens is 460 g/mol. The Bertz CT molecular complexity index is 1420. The molecule has 0 saturated carbocycles. The highest BCUT2D eigenvalue weighted by Crippen LogP contribution is 2.13. The lowest BCUT2D eigenvalue weighted by Gasteiger charge is -2.07. The summed E-state index contributed by atoms with van der Waals surface area (Å²) < 4.78 is 3.06. The Morgan fingerprint density at radius 3 is 2.59 bits per heavy atom. The number of nitrogens with one attached hydrogen (secondary N) is 1. The van der Waals surface area contributed by atoms with Crippen LogP contribution in [0.5, 0.6) is 0 Å². The number of nitrogens with zero attached hydrogens (tertiary/aromatic N) is 5. The molecular formula is C23H19ClN6O4. The summed E-state index contributed by atoms with van der Waals surface area (Å²) in [5.41, 5.74) is 1.80. The molecule has 1 amide bonds. The fourth-order valence-corrected chi connectivity index (χ4v) is 3.41. The van der Waals surface area contributed by atoms with E-state index in [1.165, 1.54) is 35.3 Å². The highest BCUT2D eigenvalue weighted by molar-refractivity contribution is 6.30. The van der Waals surface area contributed by atoms with Crippen molar-refractivity contribution >= 4 is 40.3 Å². The molecule has 0 atom stereocenters. The number of nitro benzene ring substituents is 1. The van der Waals surface area contributed by atoms with Crippen molar-refractivity contribution < 1.29 is 9.72 Å². The highest BCUT2D eigenvalue weighted by Gasteiger charge is 2.11. The maximum Gasteiger partial charge on any atom is 0.269 e. The van der Waals surface area contributed by atoms with Crippen LogP contribution in [0.3, 0.4) is 0 Å². The zero-order valence-corrected chi connectivity index (χ0v) is 18.6. The monoisotopic (exact) mass is 478 g/mol. The number of amides is 1. The number of hydrogen-bond acceptors (Lipinski definition) is 6. The van der Waals surface area contributed by atoms with Crippen LogP contribution in [-0.2, 0) is 17.9 Å². The lowest BCUT2D eigenvalue weighted by atomic mass is 10.2. The minimum atomic E-state index is -0.483. The molecule has 0 aliphatic heterocycles. The van der Waals surface area contributed by atoms with Crippen LogP contribution in [-0.4, -0.2) is 36.7 Å². The SMILES string of the molecule is O=C(/C=C\c1ccc([N+](=O)[O-])cc1)NCCn1ncc2c(=O)n(Cc3ccc(Cl)cc3)cnc21. The molecule has 2 aromatic carbocycles. The van der Waals surface area contributed by atoms with E-state index < -0.39 is 4.92 Å². The van der Waals surface area contributed by atoms with E-state index in [0.29, 0.717) is 34.7 Å². The number of hydrogen-bond donors (Lipinski definition) is 1. The molecule has 11 heteroatoms. The second-order valence-electron chi connectivity index (χ2n) is 7.38. The molecule has 1 N–H and O–H groups in total. The summed E-state index contributed by atoms with van der Waals surface area (Å²) in [4.78, 5) is 39.4. The summed E-state index contributed by atoms with van der Waals surface area (Å²) in [5.74, 6) is -0.326. The number of rotatable bonds is 8. The summed E-state index contributed by atoms with van der Waals surface area (Å²) in [6.45, 7) is 0.964. The van der Waals surface area contributed by atoms with Crippen molar-refractivity contribution in [2.75, 3.05) is 6.54 Å². The van der Waals surface area contributed by atoms with Crippen LogP contribution >= 0.6 is 11.6 Å². The van der Waals surface area contributed by atoms with E-state index in [4.69, 9.17) is 11.6 Å². The normalized spacial score (nSPS) is 11.2. The van der Waals surface area contributed by atoms with E-state index in [1.807, 2.05) is 12.1 Å². The molecule has 0 unspecified atom stereocenters. The van der Waals surface area contributed by atoms with Crippen molar-refractivity contribution in [1.29, 1.82) is 0 Å². The van der Waals surface area contributed by atoms with Crippen LogP contribution in [0, 0.1) is 10.1 Å². The van der Waals surface area contributed by atoms with Gasteiger partial charge in [-0.2, -0.15) is 5.10 Å². The molecule has 4 aromatic rings. The largest absolute Gasteiger partial charge is 0.351 e. The van der Waals surface area contributed by atoms with E-state index in [0.717, 1.165) is 5.56 Å². The van der Waals surface area contributed by atoms with E-state index in [-0.39, 0.29) is 23.7 Å². The summed E-state index contributed by atoms with van der Waals surface area (Å²) >= 11 is 5.91. The van der Waals surface area contributed by atoms with Gasteiger partial charge >= 0.3 is 0 Å². The Morgan fingerprint density at radius 1 is 1.15 bits per heavy atom. The first-order valence-corrected chi connectivity index (χ1v) is 10.6. The number of aromatic nitrogens is 4. The van der Waals surface area contributed by atoms with E-state index in [9.17, 15) is 19.7 Å². The molecule has 0 aliphatic carbocycles. The maximum atomic E-state index is 12.8. The van der Waals surface area contributed by atoms with Crippen molar-refractivity contribution in [3.8, 4) is 0 Å². The van der Waals surface area contributed by atoms with Crippen LogP contribution in [0.4, 0.5) is 5.69 Å². The zero-order valence-electron chi connectivity index (χ0n) is 17.8. The molecule has 2 aromatic heterocycles. The Morgan fingerprint density at radius 2 is 1.88 bits per heavy atom. The number of nitro groups is 1. The molecule has 0 aliphatic rings. The third-order valence-electron chi connectivity index (χ3n) is 5.04. The number of carbonyl (C=O) groups excluding carboxylic acids is 1. The average molecular weight is 479 g/mol. The molecule has 172 valence electrons. The Labute approximate surface area is 198 Å². The first-order chi connectivity index (χ1) is 16.4. The van der Waals surface area contributed by atoms with Gasteiger partial charge in [0.15, 0.2) is 5.65 Å². The minimum absolute atomic E-state index is 0.0154. The van der Waals surface area contributed by atoms with Gasteiger partial charge in [0.2, 0.25) is 5.91 Å². The van der Waals surface area contributed by atoms with Gasteiger partial charge in [-0.1, -0.05) is 23.7 Å². The molecule has 10 nitrogen and oxygen atoms in total. The molecule has 0 fully saturated rings. The van der Waals surface area contributed by atoms with Gasteiger partial charge in [0.25, 0.3) is 11.2 Å². The second kappa shape index (κ2) is 10.1. The molecule has 0 bridgehead atoms. The first-order valence-electron chi connectivity index (χ1n) is 10.3. The van der Waals surface area contributed by atoms with Crippen molar-refractivity contribution in [2.45, 2.75) is 13.1 Å². The van der Waals surface area contributed by atoms with Crippen LogP contribution in [0.1, 0.15) is 11.1 Å². The fourth-order valence-electron chi connectivity index (χ4n) is 3.28. The fraction of sp³-hybridized carbons (Fsp3) is 0.130. The molecule has 4 rings (SSSR count). The van der Waals surface area contributed by atoms with Crippen molar-refractivity contribution in [2.24, 2.45) is 0 Å². The third kappa shape index (κ3) is 5.36. The summed E-state index contributed by atoms with van der Waals surface area (Å²) in [6, 6.07) is 13.1. The third-order valence-corrected chi connectivity index (χ3v) is 5.29. The summed E-state index contributed by atoms with van der Waals surface area (Å²) in [5, 5.41) is 18.7. The lowest BCUT2D eigenvalue weighted by molar-refractivity contribution is -0.384. The van der Waals surface area contributed by atoms with Crippen molar-refractivity contribution in [1.82, 2.24) is 24.6 Å². The Kier molecular flexibility index (Phi) is 6.79. The van der Waals surface area contributed by atoms with Gasteiger partial charge in [0, 0.05) is 29.8 Å². The number of non-ortho nitro benzene ring substituents is 1. The molecule has 0 saturated heterocycles. The topological polar surface area (TPSA) is 125 Å². The minimum Gasteiger partial charge on any atom is -0.351 e. The van der Waals surface area contributed by atoms with Crippen LogP contribution in [0.2, 0.25) is 5.02 Å². The molecule has 0 spiro atoms. The summed E-state index contributed by atoms with van der Waals surface area (Å²) in [6.07, 6.45) is 5.85. The van der Waals surface area contributed by atoms with E-state index in [1.54, 1.807) is 35.0 Å². The average Bonchev–Trinajstić information content (AvgIpc) is 3.25. The van der Waals surface area contributed by atoms with Crippen LogP contribution in [0.15, 0.2) is 71.9 Å². The zero-order chi connectivity index (χ0) is 24.1. The smallest absolute Gasteiger partial charge is 0.269 e. The predicted molar refractivity (Wildman–Crippen MR) is 127 cm³/mol. The Balaban J connectivity index is 1.35. The van der Waals surface area contributed by atoms with Crippen LogP contribution < -0.4 is 10.9 Å². The second-order valence-corrected chi connectivity index (χ2v) is 7.82. The molecule has 2 heterocycles.